The van der Waals surface area contributed by atoms with Gasteiger partial charge in [-0.1, -0.05) is 29.7 Å². The van der Waals surface area contributed by atoms with Crippen LogP contribution in [0.15, 0.2) is 24.3 Å². The molecule has 0 N–H and O–H groups in total. The molecule has 4 heteroatoms. The molecule has 0 heterocycles. The van der Waals surface area contributed by atoms with E-state index in [0.29, 0.717) is 5.02 Å². The summed E-state index contributed by atoms with van der Waals surface area (Å²) < 4.78 is 7.49. The lowest BCUT2D eigenvalue weighted by Crippen LogP contribution is -2.07. The van der Waals surface area contributed by atoms with Crippen LogP contribution in [0, 0.1) is 9.85 Å². The molecule has 1 rings (SSSR count). The molecule has 0 saturated heterocycles. The molecule has 0 aliphatic rings. The third-order valence-electron chi connectivity index (χ3n) is 1.63. The van der Waals surface area contributed by atoms with Crippen molar-refractivity contribution >= 4 is 40.2 Å². The predicted molar refractivity (Wildman–Crippen MR) is 67.9 cm³/mol. The molecule has 1 aromatic rings. The van der Waals surface area contributed by atoms with Crippen molar-refractivity contribution in [2.75, 3.05) is 6.61 Å². The summed E-state index contributed by atoms with van der Waals surface area (Å²) in [5.41, 5.74) is 0.881. The van der Waals surface area contributed by atoms with Gasteiger partial charge in [0.25, 0.3) is 0 Å². The molecule has 1 aromatic carbocycles. The predicted octanol–water partition coefficient (Wildman–Crippen LogP) is 2.82. The number of hydrogen-bond acceptors (Lipinski definition) is 2. The van der Waals surface area contributed by atoms with Crippen LogP contribution in [0.5, 0.6) is 0 Å². The third kappa shape index (κ3) is 5.05. The van der Waals surface area contributed by atoms with Crippen molar-refractivity contribution < 1.29 is 9.53 Å². The van der Waals surface area contributed by atoms with Crippen molar-refractivity contribution in [1.29, 1.82) is 0 Å². The van der Waals surface area contributed by atoms with E-state index in [-0.39, 0.29) is 19.0 Å². The smallest absolute Gasteiger partial charge is 0.311 e. The van der Waals surface area contributed by atoms with Crippen molar-refractivity contribution in [1.82, 2.24) is 0 Å². The minimum Gasteiger partial charge on any atom is -0.452 e. The van der Waals surface area contributed by atoms with Gasteiger partial charge in [-0.05, 0) is 21.6 Å². The first kappa shape index (κ1) is 12.3. The van der Waals surface area contributed by atoms with Gasteiger partial charge in [-0.2, -0.15) is 0 Å². The molecule has 2 nitrogen and oxygen atoms in total. The van der Waals surface area contributed by atoms with Crippen LogP contribution in [-0.2, 0) is 16.0 Å². The zero-order chi connectivity index (χ0) is 11.1. The quantitative estimate of drug-likeness (QED) is 0.483. The third-order valence-corrected chi connectivity index (χ3v) is 2.27. The molecule has 15 heavy (non-hydrogen) atoms. The number of halogens is 2. The Morgan fingerprint density at radius 3 is 2.67 bits per heavy atom. The standard InChI is InChI=1S/C11H8ClIO2/c12-10-4-2-9(3-5-10)8-11(14)15-7-1-6-13/h2-5H,7-8H2. The molecule has 0 aromatic heterocycles. The lowest BCUT2D eigenvalue weighted by Gasteiger charge is -2.01. The highest BCUT2D eigenvalue weighted by atomic mass is 127. The van der Waals surface area contributed by atoms with Crippen LogP contribution in [0.25, 0.3) is 0 Å². The number of carbonyl (C=O) groups excluding carboxylic acids is 1. The zero-order valence-electron chi connectivity index (χ0n) is 7.80. The summed E-state index contributed by atoms with van der Waals surface area (Å²) in [6, 6.07) is 7.09. The molecule has 78 valence electrons. The Morgan fingerprint density at radius 1 is 1.40 bits per heavy atom. The van der Waals surface area contributed by atoms with E-state index in [0.717, 1.165) is 5.56 Å². The second-order valence-corrected chi connectivity index (χ2v) is 3.71. The minimum atomic E-state index is -0.281. The molecule has 0 atom stereocenters. The fraction of sp³-hybridized carbons (Fsp3) is 0.182. The van der Waals surface area contributed by atoms with Crippen molar-refractivity contribution in [2.24, 2.45) is 0 Å². The van der Waals surface area contributed by atoms with Crippen LogP contribution in [0.4, 0.5) is 0 Å². The van der Waals surface area contributed by atoms with Gasteiger partial charge in [0, 0.05) is 27.6 Å². The molecule has 0 aliphatic carbocycles. The van der Waals surface area contributed by atoms with Gasteiger partial charge < -0.3 is 4.74 Å². The van der Waals surface area contributed by atoms with Crippen LogP contribution in [0.3, 0.4) is 0 Å². The van der Waals surface area contributed by atoms with Crippen LogP contribution < -0.4 is 0 Å². The van der Waals surface area contributed by atoms with Crippen molar-refractivity contribution in [3.63, 3.8) is 0 Å². The molecular weight excluding hydrogens is 326 g/mol. The van der Waals surface area contributed by atoms with E-state index >= 15 is 0 Å². The first-order chi connectivity index (χ1) is 7.22. The Morgan fingerprint density at radius 2 is 2.07 bits per heavy atom. The van der Waals surface area contributed by atoms with Crippen molar-refractivity contribution in [3.8, 4) is 9.85 Å². The first-order valence-corrected chi connectivity index (χ1v) is 5.66. The minimum absolute atomic E-state index is 0.148. The van der Waals surface area contributed by atoms with Crippen LogP contribution in [0.2, 0.25) is 5.02 Å². The maximum atomic E-state index is 11.2. The van der Waals surface area contributed by atoms with E-state index in [9.17, 15) is 4.79 Å². The SMILES string of the molecule is O=C(Cc1ccc(Cl)cc1)OCC#CI. The van der Waals surface area contributed by atoms with Crippen molar-refractivity contribution in [3.05, 3.63) is 34.9 Å². The maximum absolute atomic E-state index is 11.2. The van der Waals surface area contributed by atoms with E-state index < -0.39 is 0 Å². The number of hydrogen-bond donors (Lipinski definition) is 0. The molecule has 0 spiro atoms. The van der Waals surface area contributed by atoms with E-state index in [4.69, 9.17) is 16.3 Å². The summed E-state index contributed by atoms with van der Waals surface area (Å²) in [7, 11) is 0. The Kier molecular flexibility index (Phi) is 5.51. The van der Waals surface area contributed by atoms with Gasteiger partial charge in [-0.25, -0.2) is 0 Å². The van der Waals surface area contributed by atoms with E-state index in [1.807, 2.05) is 22.6 Å². The highest BCUT2D eigenvalue weighted by Gasteiger charge is 2.03. The fourth-order valence-electron chi connectivity index (χ4n) is 0.964. The fourth-order valence-corrected chi connectivity index (χ4v) is 1.25. The Balaban J connectivity index is 2.43. The summed E-state index contributed by atoms with van der Waals surface area (Å²) in [6.07, 6.45) is 0.250. The lowest BCUT2D eigenvalue weighted by atomic mass is 10.2. The van der Waals surface area contributed by atoms with E-state index in [1.165, 1.54) is 0 Å². The normalized spacial score (nSPS) is 8.93. The topological polar surface area (TPSA) is 26.3 Å². The second-order valence-electron chi connectivity index (χ2n) is 2.74. The van der Waals surface area contributed by atoms with Gasteiger partial charge in [-0.15, -0.1) is 0 Å². The molecule has 0 unspecified atom stereocenters. The molecule has 0 bridgehead atoms. The van der Waals surface area contributed by atoms with Crippen LogP contribution in [0.1, 0.15) is 5.56 Å². The molecule has 0 fully saturated rings. The Bertz CT molecular complexity index is 389. The highest BCUT2D eigenvalue weighted by Crippen LogP contribution is 2.10. The number of carbonyl (C=O) groups is 1. The van der Waals surface area contributed by atoms with E-state index in [1.54, 1.807) is 24.3 Å². The first-order valence-electron chi connectivity index (χ1n) is 4.21. The van der Waals surface area contributed by atoms with Gasteiger partial charge in [-0.3, -0.25) is 4.79 Å². The number of benzene rings is 1. The largest absolute Gasteiger partial charge is 0.452 e. The Hall–Kier alpha value is -0.730. The Labute approximate surface area is 107 Å². The van der Waals surface area contributed by atoms with Gasteiger partial charge in [0.15, 0.2) is 6.61 Å². The van der Waals surface area contributed by atoms with Gasteiger partial charge in [0.2, 0.25) is 0 Å². The average molecular weight is 335 g/mol. The molecule has 0 radical (unpaired) electrons. The summed E-state index contributed by atoms with van der Waals surface area (Å²) in [4.78, 5) is 11.2. The zero-order valence-corrected chi connectivity index (χ0v) is 10.7. The summed E-state index contributed by atoms with van der Waals surface area (Å²) >= 11 is 7.61. The van der Waals surface area contributed by atoms with Gasteiger partial charge in [0.05, 0.1) is 6.42 Å². The number of ether oxygens (including phenoxy) is 1. The van der Waals surface area contributed by atoms with Crippen molar-refractivity contribution in [2.45, 2.75) is 6.42 Å². The monoisotopic (exact) mass is 334 g/mol. The number of rotatable bonds is 3. The van der Waals surface area contributed by atoms with Crippen LogP contribution >= 0.6 is 34.2 Å². The molecular formula is C11H8ClIO2. The van der Waals surface area contributed by atoms with Gasteiger partial charge >= 0.3 is 5.97 Å². The maximum Gasteiger partial charge on any atom is 0.311 e. The van der Waals surface area contributed by atoms with Crippen LogP contribution in [-0.4, -0.2) is 12.6 Å². The molecule has 0 saturated carbocycles. The lowest BCUT2D eigenvalue weighted by molar-refractivity contribution is -0.141. The summed E-state index contributed by atoms with van der Waals surface area (Å²) in [5.74, 6) is 2.37. The van der Waals surface area contributed by atoms with Gasteiger partial charge in [0.1, 0.15) is 0 Å². The summed E-state index contributed by atoms with van der Waals surface area (Å²) in [5, 5.41) is 0.655. The highest BCUT2D eigenvalue weighted by molar-refractivity contribution is 14.1. The molecule has 0 amide bonds. The summed E-state index contributed by atoms with van der Waals surface area (Å²) in [6.45, 7) is 0.148. The second kappa shape index (κ2) is 6.70. The average Bonchev–Trinajstić information content (AvgIpc) is 2.22. The van der Waals surface area contributed by atoms with E-state index in [2.05, 4.69) is 9.85 Å². The molecule has 0 aliphatic heterocycles. The number of esters is 1.